The predicted molar refractivity (Wildman–Crippen MR) is 79.6 cm³/mol. The lowest BCUT2D eigenvalue weighted by Crippen LogP contribution is -2.32. The van der Waals surface area contributed by atoms with Crippen LogP contribution in [0.15, 0.2) is 24.3 Å². The highest BCUT2D eigenvalue weighted by molar-refractivity contribution is 7.99. The molecule has 5 heteroatoms. The summed E-state index contributed by atoms with van der Waals surface area (Å²) >= 11 is 7.63. The average molecular weight is 300 g/mol. The first-order chi connectivity index (χ1) is 9.25. The number of carbonyl (C=O) groups excluding carboxylic acids is 1. The number of ether oxygens (including phenoxy) is 1. The minimum absolute atomic E-state index is 0.0625. The Bertz CT molecular complexity index is 422. The Morgan fingerprint density at radius 1 is 1.47 bits per heavy atom. The van der Waals surface area contributed by atoms with Crippen LogP contribution in [0.5, 0.6) is 0 Å². The smallest absolute Gasteiger partial charge is 0.230 e. The quantitative estimate of drug-likeness (QED) is 0.878. The van der Waals surface area contributed by atoms with E-state index in [4.69, 9.17) is 16.3 Å². The maximum atomic E-state index is 11.7. The Morgan fingerprint density at radius 3 is 3.05 bits per heavy atom. The van der Waals surface area contributed by atoms with Gasteiger partial charge >= 0.3 is 0 Å². The van der Waals surface area contributed by atoms with Crippen LogP contribution in [0.2, 0.25) is 5.02 Å². The van der Waals surface area contributed by atoms with Gasteiger partial charge in [-0.25, -0.2) is 0 Å². The zero-order valence-corrected chi connectivity index (χ0v) is 12.3. The Morgan fingerprint density at radius 2 is 2.32 bits per heavy atom. The third kappa shape index (κ3) is 5.05. The first-order valence-corrected chi connectivity index (χ1v) is 7.98. The van der Waals surface area contributed by atoms with Crippen LogP contribution >= 0.6 is 23.4 Å². The topological polar surface area (TPSA) is 38.3 Å². The summed E-state index contributed by atoms with van der Waals surface area (Å²) in [6, 6.07) is 7.72. The van der Waals surface area contributed by atoms with Gasteiger partial charge in [0.05, 0.1) is 11.9 Å². The van der Waals surface area contributed by atoms with Crippen LogP contribution in [-0.2, 0) is 15.3 Å². The first kappa shape index (κ1) is 14.7. The van der Waals surface area contributed by atoms with Gasteiger partial charge in [-0.1, -0.05) is 29.8 Å². The van der Waals surface area contributed by atoms with Gasteiger partial charge in [-0.15, -0.1) is 11.8 Å². The summed E-state index contributed by atoms with van der Waals surface area (Å²) in [5.41, 5.74) is 1.07. The second kappa shape index (κ2) is 7.78. The zero-order chi connectivity index (χ0) is 13.5. The molecular weight excluding hydrogens is 282 g/mol. The highest BCUT2D eigenvalue weighted by Crippen LogP contribution is 2.20. The van der Waals surface area contributed by atoms with Gasteiger partial charge in [0.25, 0.3) is 0 Å². The fourth-order valence-corrected chi connectivity index (χ4v) is 3.10. The Balaban J connectivity index is 1.62. The normalized spacial score (nSPS) is 18.5. The second-order valence-corrected chi connectivity index (χ2v) is 5.92. The van der Waals surface area contributed by atoms with Crippen molar-refractivity contribution in [1.82, 2.24) is 5.32 Å². The fraction of sp³-hybridized carbons (Fsp3) is 0.500. The lowest BCUT2D eigenvalue weighted by Gasteiger charge is -2.10. The van der Waals surface area contributed by atoms with Gasteiger partial charge < -0.3 is 10.1 Å². The number of thioether (sulfide) groups is 1. The molecule has 0 saturated carbocycles. The maximum Gasteiger partial charge on any atom is 0.230 e. The number of rotatable bonds is 6. The highest BCUT2D eigenvalue weighted by Gasteiger charge is 2.15. The van der Waals surface area contributed by atoms with Crippen LogP contribution in [0.3, 0.4) is 0 Å². The van der Waals surface area contributed by atoms with Crippen molar-refractivity contribution in [1.29, 1.82) is 0 Å². The summed E-state index contributed by atoms with van der Waals surface area (Å²) in [6.45, 7) is 1.45. The van der Waals surface area contributed by atoms with E-state index in [9.17, 15) is 4.79 Å². The lowest BCUT2D eigenvalue weighted by molar-refractivity contribution is -0.119. The summed E-state index contributed by atoms with van der Waals surface area (Å²) in [7, 11) is 0. The number of hydrogen-bond donors (Lipinski definition) is 1. The molecule has 1 aromatic rings. The molecule has 2 rings (SSSR count). The molecule has 0 unspecified atom stereocenters. The summed E-state index contributed by atoms with van der Waals surface area (Å²) in [5, 5.41) is 3.67. The minimum Gasteiger partial charge on any atom is -0.376 e. The number of hydrogen-bond acceptors (Lipinski definition) is 3. The molecule has 1 amide bonds. The van der Waals surface area contributed by atoms with Gasteiger partial charge in [0.1, 0.15) is 0 Å². The van der Waals surface area contributed by atoms with Gasteiger partial charge in [-0.3, -0.25) is 4.79 Å². The molecule has 0 bridgehead atoms. The Kier molecular flexibility index (Phi) is 6.01. The van der Waals surface area contributed by atoms with Crippen molar-refractivity contribution < 1.29 is 9.53 Å². The van der Waals surface area contributed by atoms with E-state index in [-0.39, 0.29) is 12.0 Å². The van der Waals surface area contributed by atoms with E-state index in [0.29, 0.717) is 12.3 Å². The Hall–Kier alpha value is -0.710. The molecule has 0 aromatic heterocycles. The van der Waals surface area contributed by atoms with Crippen molar-refractivity contribution in [2.45, 2.75) is 24.7 Å². The largest absolute Gasteiger partial charge is 0.376 e. The van der Waals surface area contributed by atoms with Crippen LogP contribution in [-0.4, -0.2) is 30.9 Å². The molecule has 0 spiro atoms. The van der Waals surface area contributed by atoms with Crippen LogP contribution in [0.4, 0.5) is 0 Å². The van der Waals surface area contributed by atoms with Crippen LogP contribution in [0.25, 0.3) is 0 Å². The molecule has 0 aliphatic carbocycles. The zero-order valence-electron chi connectivity index (χ0n) is 10.7. The van der Waals surface area contributed by atoms with Crippen LogP contribution < -0.4 is 5.32 Å². The van der Waals surface area contributed by atoms with Gasteiger partial charge in [0.15, 0.2) is 0 Å². The molecule has 1 heterocycles. The van der Waals surface area contributed by atoms with Gasteiger partial charge in [-0.05, 0) is 24.5 Å². The van der Waals surface area contributed by atoms with Crippen molar-refractivity contribution in [2.75, 3.05) is 18.9 Å². The van der Waals surface area contributed by atoms with Crippen LogP contribution in [0, 0.1) is 0 Å². The van der Waals surface area contributed by atoms with E-state index < -0.39 is 0 Å². The SMILES string of the molecule is O=C(CSCc1ccccc1Cl)NC[C@@H]1CCCO1. The van der Waals surface area contributed by atoms with Gasteiger partial charge in [0, 0.05) is 23.9 Å². The third-order valence-electron chi connectivity index (χ3n) is 3.00. The number of carbonyl (C=O) groups is 1. The molecule has 3 nitrogen and oxygen atoms in total. The fourth-order valence-electron chi connectivity index (χ4n) is 1.95. The highest BCUT2D eigenvalue weighted by atomic mass is 35.5. The summed E-state index contributed by atoms with van der Waals surface area (Å²) in [4.78, 5) is 11.7. The van der Waals surface area contributed by atoms with Crippen molar-refractivity contribution >= 4 is 29.3 Å². The van der Waals surface area contributed by atoms with Gasteiger partial charge in [0.2, 0.25) is 5.91 Å². The van der Waals surface area contributed by atoms with E-state index in [1.807, 2.05) is 24.3 Å². The molecule has 1 aliphatic rings. The molecule has 104 valence electrons. The van der Waals surface area contributed by atoms with Crippen LogP contribution in [0.1, 0.15) is 18.4 Å². The predicted octanol–water partition coefficient (Wildman–Crippen LogP) is 2.87. The molecule has 0 radical (unpaired) electrons. The second-order valence-electron chi connectivity index (χ2n) is 4.52. The van der Waals surface area contributed by atoms with Crippen molar-refractivity contribution in [3.63, 3.8) is 0 Å². The molecule has 1 atom stereocenters. The molecule has 19 heavy (non-hydrogen) atoms. The minimum atomic E-state index is 0.0625. The molecule has 1 aliphatic heterocycles. The number of benzene rings is 1. The molecule has 1 saturated heterocycles. The van der Waals surface area contributed by atoms with Gasteiger partial charge in [-0.2, -0.15) is 0 Å². The summed E-state index contributed by atoms with van der Waals surface area (Å²) in [6.07, 6.45) is 2.35. The first-order valence-electron chi connectivity index (χ1n) is 6.45. The molecule has 1 fully saturated rings. The molecule has 1 N–H and O–H groups in total. The maximum absolute atomic E-state index is 11.7. The van der Waals surface area contributed by atoms with E-state index >= 15 is 0 Å². The molecule has 1 aromatic carbocycles. The number of nitrogens with one attached hydrogen (secondary N) is 1. The summed E-state index contributed by atoms with van der Waals surface area (Å²) in [5.74, 6) is 1.28. The van der Waals surface area contributed by atoms with Crippen molar-refractivity contribution in [3.05, 3.63) is 34.9 Å². The lowest BCUT2D eigenvalue weighted by atomic mass is 10.2. The third-order valence-corrected chi connectivity index (χ3v) is 4.35. The Labute approximate surface area is 123 Å². The van der Waals surface area contributed by atoms with E-state index in [2.05, 4.69) is 5.32 Å². The monoisotopic (exact) mass is 299 g/mol. The van der Waals surface area contributed by atoms with Crippen molar-refractivity contribution in [2.24, 2.45) is 0 Å². The molecular formula is C14H18ClNO2S. The van der Waals surface area contributed by atoms with Crippen molar-refractivity contribution in [3.8, 4) is 0 Å². The summed E-state index contributed by atoms with van der Waals surface area (Å²) < 4.78 is 5.45. The van der Waals surface area contributed by atoms with E-state index in [1.165, 1.54) is 0 Å². The van der Waals surface area contributed by atoms with E-state index in [1.54, 1.807) is 11.8 Å². The van der Waals surface area contributed by atoms with E-state index in [0.717, 1.165) is 35.8 Å². The number of halogens is 1. The standard InChI is InChI=1S/C14H18ClNO2S/c15-13-6-2-1-4-11(13)9-19-10-14(17)16-8-12-5-3-7-18-12/h1-2,4,6,12H,3,5,7-10H2,(H,16,17)/t12-/m0/s1. The number of amides is 1. The average Bonchev–Trinajstić information content (AvgIpc) is 2.92.